The summed E-state index contributed by atoms with van der Waals surface area (Å²) in [5.74, 6) is 0.110. The molecule has 6 nitrogen and oxygen atoms in total. The van der Waals surface area contributed by atoms with Crippen LogP contribution >= 0.6 is 22.9 Å². The van der Waals surface area contributed by atoms with Crippen molar-refractivity contribution in [3.8, 4) is 27.6 Å². The van der Waals surface area contributed by atoms with Gasteiger partial charge in [0.1, 0.15) is 4.88 Å². The Bertz CT molecular complexity index is 1850. The molecule has 0 fully saturated rings. The summed E-state index contributed by atoms with van der Waals surface area (Å²) in [6, 6.07) is 32.9. The van der Waals surface area contributed by atoms with Gasteiger partial charge in [-0.1, -0.05) is 95.7 Å². The SMILES string of the molecule is O=C(Nc1nc(-c2ccccc2)c(-c2nc3ccccc3c(=O)n2-c2ccccc2Cl)s1)c1ccccc1. The average molecular weight is 535 g/mol. The highest BCUT2D eigenvalue weighted by Crippen LogP contribution is 2.39. The molecular weight excluding hydrogens is 516 g/mol. The smallest absolute Gasteiger partial charge is 0.266 e. The van der Waals surface area contributed by atoms with E-state index in [0.29, 0.717) is 48.7 Å². The van der Waals surface area contributed by atoms with Crippen molar-refractivity contribution in [3.63, 3.8) is 0 Å². The molecule has 0 aliphatic heterocycles. The summed E-state index contributed by atoms with van der Waals surface area (Å²) in [6.45, 7) is 0. The van der Waals surface area contributed by atoms with E-state index in [1.165, 1.54) is 15.9 Å². The Hall–Kier alpha value is -4.59. The van der Waals surface area contributed by atoms with Crippen molar-refractivity contribution in [1.82, 2.24) is 14.5 Å². The number of nitrogens with zero attached hydrogens (tertiary/aromatic N) is 3. The Morgan fingerprint density at radius 1 is 0.789 bits per heavy atom. The molecule has 38 heavy (non-hydrogen) atoms. The van der Waals surface area contributed by atoms with Gasteiger partial charge in [-0.3, -0.25) is 19.5 Å². The molecule has 0 bridgehead atoms. The van der Waals surface area contributed by atoms with Crippen LogP contribution in [0.3, 0.4) is 0 Å². The third-order valence-electron chi connectivity index (χ3n) is 6.00. The van der Waals surface area contributed by atoms with Crippen LogP contribution < -0.4 is 10.9 Å². The Balaban J connectivity index is 1.61. The second-order valence-corrected chi connectivity index (χ2v) is 9.83. The van der Waals surface area contributed by atoms with Crippen molar-refractivity contribution in [2.24, 2.45) is 0 Å². The topological polar surface area (TPSA) is 76.9 Å². The number of para-hydroxylation sites is 2. The van der Waals surface area contributed by atoms with Crippen LogP contribution in [0.1, 0.15) is 10.4 Å². The number of nitrogens with one attached hydrogen (secondary N) is 1. The molecular formula is C30H19ClN4O2S. The van der Waals surface area contributed by atoms with E-state index >= 15 is 0 Å². The van der Waals surface area contributed by atoms with Crippen molar-refractivity contribution in [1.29, 1.82) is 0 Å². The minimum atomic E-state index is -0.277. The van der Waals surface area contributed by atoms with Crippen LogP contribution in [-0.4, -0.2) is 20.4 Å². The highest BCUT2D eigenvalue weighted by molar-refractivity contribution is 7.19. The Labute approximate surface area is 226 Å². The number of anilines is 1. The number of aromatic nitrogens is 3. The van der Waals surface area contributed by atoms with E-state index in [4.69, 9.17) is 21.6 Å². The van der Waals surface area contributed by atoms with Crippen LogP contribution in [0.25, 0.3) is 38.5 Å². The fourth-order valence-corrected chi connectivity index (χ4v) is 5.40. The molecule has 0 aliphatic rings. The first-order valence-corrected chi connectivity index (χ1v) is 13.0. The molecule has 4 aromatic carbocycles. The molecule has 1 amide bonds. The van der Waals surface area contributed by atoms with Gasteiger partial charge in [-0.15, -0.1) is 0 Å². The maximum atomic E-state index is 13.9. The summed E-state index contributed by atoms with van der Waals surface area (Å²) in [5, 5.41) is 4.18. The van der Waals surface area contributed by atoms with Crippen molar-refractivity contribution in [2.75, 3.05) is 5.32 Å². The predicted octanol–water partition coefficient (Wildman–Crippen LogP) is 7.08. The van der Waals surface area contributed by atoms with Crippen molar-refractivity contribution in [3.05, 3.63) is 130 Å². The molecule has 2 aromatic heterocycles. The molecule has 6 rings (SSSR count). The van der Waals surface area contributed by atoms with Gasteiger partial charge < -0.3 is 0 Å². The summed E-state index contributed by atoms with van der Waals surface area (Å²) in [4.78, 5) is 37.1. The van der Waals surface area contributed by atoms with Gasteiger partial charge in [-0.2, -0.15) is 0 Å². The summed E-state index contributed by atoms with van der Waals surface area (Å²) in [5.41, 5.74) is 2.75. The number of thiazole rings is 1. The van der Waals surface area contributed by atoms with Crippen molar-refractivity contribution in [2.45, 2.75) is 0 Å². The van der Waals surface area contributed by atoms with Gasteiger partial charge in [0.2, 0.25) is 0 Å². The maximum absolute atomic E-state index is 13.9. The van der Waals surface area contributed by atoms with Crippen LogP contribution in [0.5, 0.6) is 0 Å². The summed E-state index contributed by atoms with van der Waals surface area (Å²) >= 11 is 7.84. The average Bonchev–Trinajstić information content (AvgIpc) is 3.38. The van der Waals surface area contributed by atoms with E-state index in [2.05, 4.69) is 5.32 Å². The van der Waals surface area contributed by atoms with Gasteiger partial charge in [-0.25, -0.2) is 9.97 Å². The molecule has 2 heterocycles. The third kappa shape index (κ3) is 4.38. The second kappa shape index (κ2) is 10.0. The molecule has 0 atom stereocenters. The summed E-state index contributed by atoms with van der Waals surface area (Å²) < 4.78 is 1.52. The molecule has 184 valence electrons. The molecule has 8 heteroatoms. The Morgan fingerprint density at radius 2 is 1.45 bits per heavy atom. The van der Waals surface area contributed by atoms with E-state index in [-0.39, 0.29) is 11.5 Å². The maximum Gasteiger partial charge on any atom is 0.266 e. The standard InChI is InChI=1S/C30H19ClN4O2S/c31-22-16-8-10-18-24(22)35-27(32-23-17-9-7-15-21(23)29(35)37)26-25(19-11-3-1-4-12-19)33-30(38-26)34-28(36)20-13-5-2-6-14-20/h1-18H,(H,33,34,36). The summed E-state index contributed by atoms with van der Waals surface area (Å²) in [7, 11) is 0. The zero-order valence-corrected chi connectivity index (χ0v) is 21.4. The molecule has 0 spiro atoms. The first-order valence-electron chi connectivity index (χ1n) is 11.8. The van der Waals surface area contributed by atoms with Crippen LogP contribution in [0, 0.1) is 0 Å². The van der Waals surface area contributed by atoms with E-state index < -0.39 is 0 Å². The Kier molecular flexibility index (Phi) is 6.29. The molecule has 0 radical (unpaired) electrons. The number of hydrogen-bond donors (Lipinski definition) is 1. The van der Waals surface area contributed by atoms with Gasteiger partial charge in [0.25, 0.3) is 11.5 Å². The lowest BCUT2D eigenvalue weighted by Gasteiger charge is -2.14. The van der Waals surface area contributed by atoms with Gasteiger partial charge >= 0.3 is 0 Å². The van der Waals surface area contributed by atoms with Crippen LogP contribution in [-0.2, 0) is 0 Å². The fraction of sp³-hybridized carbons (Fsp3) is 0. The quantitative estimate of drug-likeness (QED) is 0.256. The summed E-state index contributed by atoms with van der Waals surface area (Å²) in [6.07, 6.45) is 0. The lowest BCUT2D eigenvalue weighted by molar-refractivity contribution is 0.102. The molecule has 0 saturated heterocycles. The molecule has 1 N–H and O–H groups in total. The minimum Gasteiger partial charge on any atom is -0.298 e. The van der Waals surface area contributed by atoms with Crippen LogP contribution in [0.15, 0.2) is 114 Å². The lowest BCUT2D eigenvalue weighted by atomic mass is 10.1. The largest absolute Gasteiger partial charge is 0.298 e. The monoisotopic (exact) mass is 534 g/mol. The number of hydrogen-bond acceptors (Lipinski definition) is 5. The van der Waals surface area contributed by atoms with E-state index in [1.807, 2.05) is 54.6 Å². The number of fused-ring (bicyclic) bond motifs is 1. The second-order valence-electron chi connectivity index (χ2n) is 8.43. The lowest BCUT2D eigenvalue weighted by Crippen LogP contribution is -2.22. The number of benzene rings is 4. The van der Waals surface area contributed by atoms with Gasteiger partial charge in [-0.05, 0) is 36.4 Å². The highest BCUT2D eigenvalue weighted by Gasteiger charge is 2.23. The van der Waals surface area contributed by atoms with E-state index in [1.54, 1.807) is 54.6 Å². The molecule has 6 aromatic rings. The normalized spacial score (nSPS) is 11.0. The molecule has 0 saturated carbocycles. The highest BCUT2D eigenvalue weighted by atomic mass is 35.5. The first kappa shape index (κ1) is 23.8. The minimum absolute atomic E-state index is 0.249. The van der Waals surface area contributed by atoms with E-state index in [9.17, 15) is 9.59 Å². The molecule has 0 unspecified atom stereocenters. The number of carbonyl (C=O) groups is 1. The predicted molar refractivity (Wildman–Crippen MR) is 153 cm³/mol. The number of carbonyl (C=O) groups excluding carboxylic acids is 1. The van der Waals surface area contributed by atoms with E-state index in [0.717, 1.165) is 5.56 Å². The van der Waals surface area contributed by atoms with Gasteiger partial charge in [0.05, 0.1) is 27.3 Å². The van der Waals surface area contributed by atoms with Gasteiger partial charge in [0, 0.05) is 11.1 Å². The number of amides is 1. The number of rotatable bonds is 5. The third-order valence-corrected chi connectivity index (χ3v) is 7.29. The zero-order chi connectivity index (χ0) is 26.1. The van der Waals surface area contributed by atoms with Crippen LogP contribution in [0.2, 0.25) is 5.02 Å². The molecule has 0 aliphatic carbocycles. The van der Waals surface area contributed by atoms with Crippen molar-refractivity contribution < 1.29 is 4.79 Å². The fourth-order valence-electron chi connectivity index (χ4n) is 4.22. The zero-order valence-electron chi connectivity index (χ0n) is 19.8. The van der Waals surface area contributed by atoms with Gasteiger partial charge in [0.15, 0.2) is 11.0 Å². The number of halogens is 1. The van der Waals surface area contributed by atoms with Crippen molar-refractivity contribution >= 4 is 44.9 Å². The van der Waals surface area contributed by atoms with Crippen LogP contribution in [0.4, 0.5) is 5.13 Å². The first-order chi connectivity index (χ1) is 18.6. The Morgan fingerprint density at radius 3 is 2.21 bits per heavy atom.